The molecule has 0 amide bonds. The lowest BCUT2D eigenvalue weighted by Gasteiger charge is -2.25. The van der Waals surface area contributed by atoms with Crippen molar-refractivity contribution >= 4 is 27.5 Å². The number of benzene rings is 1. The van der Waals surface area contributed by atoms with Crippen LogP contribution < -0.4 is 0 Å². The molecule has 0 radical (unpaired) electrons. The van der Waals surface area contributed by atoms with Gasteiger partial charge in [0.05, 0.1) is 20.4 Å². The summed E-state index contributed by atoms with van der Waals surface area (Å²) in [5.74, 6) is 0.638. The Morgan fingerprint density at radius 3 is 2.50 bits per heavy atom. The van der Waals surface area contributed by atoms with Crippen LogP contribution in [-0.2, 0) is 10.0 Å². The van der Waals surface area contributed by atoms with Crippen molar-refractivity contribution in [2.24, 2.45) is 0 Å². The second-order valence-corrected chi connectivity index (χ2v) is 9.01. The summed E-state index contributed by atoms with van der Waals surface area (Å²) in [6, 6.07) is 3.96. The standard InChI is InChI=1S/C16H19N3O5S2/c1-11-12(2)24-16(17-11)25-15-7-6-13(10-14(15)19(20)21)26(22,23)18-8-4-3-5-9-18/h6-7,10H,3-5,8-9H2,1-2H3. The highest BCUT2D eigenvalue weighted by atomic mass is 32.2. The number of hydrogen-bond acceptors (Lipinski definition) is 7. The largest absolute Gasteiger partial charge is 0.436 e. The molecule has 1 saturated heterocycles. The van der Waals surface area contributed by atoms with E-state index in [1.54, 1.807) is 13.8 Å². The first-order valence-electron chi connectivity index (χ1n) is 8.19. The second-order valence-electron chi connectivity index (χ2n) is 6.07. The van der Waals surface area contributed by atoms with E-state index in [-0.39, 0.29) is 20.7 Å². The Morgan fingerprint density at radius 1 is 1.23 bits per heavy atom. The van der Waals surface area contributed by atoms with Gasteiger partial charge in [-0.15, -0.1) is 0 Å². The average Bonchev–Trinajstić information content (AvgIpc) is 2.93. The van der Waals surface area contributed by atoms with Crippen molar-refractivity contribution in [3.63, 3.8) is 0 Å². The van der Waals surface area contributed by atoms with Gasteiger partial charge in [0.25, 0.3) is 10.9 Å². The van der Waals surface area contributed by atoms with Gasteiger partial charge in [0.15, 0.2) is 0 Å². The Balaban J connectivity index is 1.95. The monoisotopic (exact) mass is 397 g/mol. The van der Waals surface area contributed by atoms with Crippen molar-refractivity contribution < 1.29 is 17.8 Å². The molecular weight excluding hydrogens is 378 g/mol. The number of piperidine rings is 1. The van der Waals surface area contributed by atoms with Gasteiger partial charge in [-0.25, -0.2) is 13.4 Å². The van der Waals surface area contributed by atoms with E-state index in [0.29, 0.717) is 24.5 Å². The maximum absolute atomic E-state index is 12.7. The van der Waals surface area contributed by atoms with E-state index < -0.39 is 14.9 Å². The van der Waals surface area contributed by atoms with Gasteiger partial charge in [-0.1, -0.05) is 6.42 Å². The van der Waals surface area contributed by atoms with E-state index >= 15 is 0 Å². The van der Waals surface area contributed by atoms with E-state index in [0.717, 1.165) is 37.1 Å². The molecule has 2 heterocycles. The van der Waals surface area contributed by atoms with Crippen LogP contribution in [0.15, 0.2) is 37.6 Å². The summed E-state index contributed by atoms with van der Waals surface area (Å²) in [6.45, 7) is 4.43. The maximum Gasteiger partial charge on any atom is 0.284 e. The third-order valence-electron chi connectivity index (χ3n) is 4.29. The zero-order valence-electron chi connectivity index (χ0n) is 14.5. The smallest absolute Gasteiger partial charge is 0.284 e. The molecule has 0 unspecified atom stereocenters. The van der Waals surface area contributed by atoms with Gasteiger partial charge >= 0.3 is 0 Å². The van der Waals surface area contributed by atoms with Gasteiger partial charge < -0.3 is 4.42 Å². The molecule has 0 N–H and O–H groups in total. The van der Waals surface area contributed by atoms with E-state index in [1.807, 2.05) is 0 Å². The maximum atomic E-state index is 12.7. The van der Waals surface area contributed by atoms with E-state index in [2.05, 4.69) is 4.98 Å². The van der Waals surface area contributed by atoms with Crippen molar-refractivity contribution in [3.05, 3.63) is 39.8 Å². The van der Waals surface area contributed by atoms with Gasteiger partial charge in [0.1, 0.15) is 5.76 Å². The van der Waals surface area contributed by atoms with Crippen molar-refractivity contribution in [1.29, 1.82) is 0 Å². The number of hydrogen-bond donors (Lipinski definition) is 0. The van der Waals surface area contributed by atoms with Crippen LogP contribution in [-0.4, -0.2) is 35.7 Å². The predicted molar refractivity (Wildman–Crippen MR) is 95.8 cm³/mol. The van der Waals surface area contributed by atoms with Gasteiger partial charge in [0, 0.05) is 19.2 Å². The highest BCUT2D eigenvalue weighted by Gasteiger charge is 2.29. The van der Waals surface area contributed by atoms with Crippen molar-refractivity contribution in [3.8, 4) is 0 Å². The molecule has 1 aromatic carbocycles. The zero-order chi connectivity index (χ0) is 18.9. The minimum Gasteiger partial charge on any atom is -0.436 e. The topological polar surface area (TPSA) is 107 Å². The van der Waals surface area contributed by atoms with Crippen LogP contribution in [0.25, 0.3) is 0 Å². The number of aromatic nitrogens is 1. The number of aryl methyl sites for hydroxylation is 2. The molecule has 0 bridgehead atoms. The first-order valence-corrected chi connectivity index (χ1v) is 10.4. The summed E-state index contributed by atoms with van der Waals surface area (Å²) < 4.78 is 32.3. The lowest BCUT2D eigenvalue weighted by molar-refractivity contribution is -0.388. The molecule has 0 saturated carbocycles. The highest BCUT2D eigenvalue weighted by molar-refractivity contribution is 7.99. The Hall–Kier alpha value is -1.91. The van der Waals surface area contributed by atoms with Crippen LogP contribution >= 0.6 is 11.8 Å². The number of rotatable bonds is 5. The Kier molecular flexibility index (Phi) is 5.35. The summed E-state index contributed by atoms with van der Waals surface area (Å²) >= 11 is 1.00. The first-order chi connectivity index (χ1) is 12.3. The minimum atomic E-state index is -3.73. The number of sulfonamides is 1. The summed E-state index contributed by atoms with van der Waals surface area (Å²) in [6.07, 6.45) is 2.60. The highest BCUT2D eigenvalue weighted by Crippen LogP contribution is 2.37. The zero-order valence-corrected chi connectivity index (χ0v) is 16.1. The van der Waals surface area contributed by atoms with Crippen LogP contribution in [0.3, 0.4) is 0 Å². The normalized spacial score (nSPS) is 15.9. The molecule has 2 aromatic rings. The van der Waals surface area contributed by atoms with Crippen molar-refractivity contribution in [2.45, 2.75) is 48.1 Å². The molecule has 0 spiro atoms. The van der Waals surface area contributed by atoms with Crippen LogP contribution in [0.1, 0.15) is 30.7 Å². The SMILES string of the molecule is Cc1nc(Sc2ccc(S(=O)(=O)N3CCCCC3)cc2[N+](=O)[O-])oc1C. The molecule has 140 valence electrons. The number of nitro benzene ring substituents is 1. The minimum absolute atomic E-state index is 0.0600. The number of oxazole rings is 1. The molecule has 0 atom stereocenters. The molecule has 0 aliphatic carbocycles. The quantitative estimate of drug-likeness (QED) is 0.561. The molecule has 1 aliphatic heterocycles. The van der Waals surface area contributed by atoms with Crippen molar-refractivity contribution in [1.82, 2.24) is 9.29 Å². The lowest BCUT2D eigenvalue weighted by Crippen LogP contribution is -2.35. The van der Waals surface area contributed by atoms with E-state index in [9.17, 15) is 18.5 Å². The number of nitro groups is 1. The van der Waals surface area contributed by atoms with Crippen LogP contribution in [0.2, 0.25) is 0 Å². The Labute approximate surface area is 155 Å². The molecule has 1 aliphatic rings. The Morgan fingerprint density at radius 2 is 1.92 bits per heavy atom. The Bertz CT molecular complexity index is 914. The third-order valence-corrected chi connectivity index (χ3v) is 7.10. The van der Waals surface area contributed by atoms with Crippen molar-refractivity contribution in [2.75, 3.05) is 13.1 Å². The average molecular weight is 397 g/mol. The third kappa shape index (κ3) is 3.76. The summed E-state index contributed by atoms with van der Waals surface area (Å²) in [7, 11) is -3.73. The molecular formula is C16H19N3O5S2. The fraction of sp³-hybridized carbons (Fsp3) is 0.438. The van der Waals surface area contributed by atoms with Gasteiger partial charge in [-0.05, 0) is 50.6 Å². The fourth-order valence-corrected chi connectivity index (χ4v) is 5.17. The first kappa shape index (κ1) is 18.9. The van der Waals surface area contributed by atoms with E-state index in [4.69, 9.17) is 4.42 Å². The summed E-state index contributed by atoms with van der Waals surface area (Å²) in [5.41, 5.74) is 0.432. The van der Waals surface area contributed by atoms with Gasteiger partial charge in [-0.2, -0.15) is 4.31 Å². The molecule has 3 rings (SSSR count). The molecule has 1 aromatic heterocycles. The van der Waals surface area contributed by atoms with Crippen LogP contribution in [0.4, 0.5) is 5.69 Å². The van der Waals surface area contributed by atoms with Crippen LogP contribution in [0.5, 0.6) is 0 Å². The van der Waals surface area contributed by atoms with Gasteiger partial charge in [0.2, 0.25) is 10.0 Å². The van der Waals surface area contributed by atoms with Gasteiger partial charge in [-0.3, -0.25) is 10.1 Å². The predicted octanol–water partition coefficient (Wildman–Crippen LogP) is 3.53. The molecule has 26 heavy (non-hydrogen) atoms. The second kappa shape index (κ2) is 7.37. The lowest BCUT2D eigenvalue weighted by atomic mass is 10.2. The van der Waals surface area contributed by atoms with E-state index in [1.165, 1.54) is 16.4 Å². The van der Waals surface area contributed by atoms with Crippen LogP contribution in [0, 0.1) is 24.0 Å². The molecule has 10 heteroatoms. The molecule has 8 nitrogen and oxygen atoms in total. The number of nitrogens with zero attached hydrogens (tertiary/aromatic N) is 3. The summed E-state index contributed by atoms with van der Waals surface area (Å²) in [4.78, 5) is 15.3. The molecule has 1 fully saturated rings. The fourth-order valence-electron chi connectivity index (χ4n) is 2.72. The summed E-state index contributed by atoms with van der Waals surface area (Å²) in [5, 5.41) is 11.8.